The molecule has 1 heterocycles. The maximum atomic E-state index is 13.1. The summed E-state index contributed by atoms with van der Waals surface area (Å²) in [5, 5.41) is 0. The van der Waals surface area contributed by atoms with Gasteiger partial charge in [-0.05, 0) is 43.0 Å². The van der Waals surface area contributed by atoms with Gasteiger partial charge in [-0.1, -0.05) is 56.3 Å². The van der Waals surface area contributed by atoms with Gasteiger partial charge in [0.15, 0.2) is 0 Å². The fourth-order valence-electron chi connectivity index (χ4n) is 3.78. The van der Waals surface area contributed by atoms with E-state index >= 15 is 0 Å². The van der Waals surface area contributed by atoms with Crippen molar-refractivity contribution in [3.8, 4) is 0 Å². The lowest BCUT2D eigenvalue weighted by Gasteiger charge is -2.43. The van der Waals surface area contributed by atoms with Crippen LogP contribution in [0.5, 0.6) is 0 Å². The Morgan fingerprint density at radius 1 is 0.926 bits per heavy atom. The van der Waals surface area contributed by atoms with Gasteiger partial charge in [0, 0.05) is 31.7 Å². The normalized spacial score (nSPS) is 22.3. The summed E-state index contributed by atoms with van der Waals surface area (Å²) in [4.78, 5) is 2.78. The quantitative estimate of drug-likeness (QED) is 0.777. The monoisotopic (exact) mass is 386 g/mol. The van der Waals surface area contributed by atoms with Gasteiger partial charge in [-0.25, -0.2) is 8.42 Å². The van der Waals surface area contributed by atoms with Gasteiger partial charge >= 0.3 is 0 Å². The minimum atomic E-state index is -3.46. The lowest BCUT2D eigenvalue weighted by molar-refractivity contribution is 0.0699. The summed E-state index contributed by atoms with van der Waals surface area (Å²) in [6.45, 7) is 10.3. The number of sulfonamides is 1. The van der Waals surface area contributed by atoms with E-state index in [1.807, 2.05) is 30.3 Å². The lowest BCUT2D eigenvalue weighted by atomic mass is 10.0. The molecule has 2 aromatic rings. The Bertz CT molecular complexity index is 836. The summed E-state index contributed by atoms with van der Waals surface area (Å²) in [6, 6.07) is 18.0. The molecule has 3 rings (SSSR count). The van der Waals surface area contributed by atoms with Gasteiger partial charge in [0.2, 0.25) is 10.0 Å². The smallest absolute Gasteiger partial charge is 0.243 e. The summed E-state index contributed by atoms with van der Waals surface area (Å²) in [7, 11) is -3.46. The Morgan fingerprint density at radius 3 is 2.00 bits per heavy atom. The van der Waals surface area contributed by atoms with Crippen LogP contribution in [0.1, 0.15) is 44.7 Å². The molecule has 0 amide bonds. The average molecular weight is 387 g/mol. The Kier molecular flexibility index (Phi) is 6.04. The van der Waals surface area contributed by atoms with Crippen molar-refractivity contribution in [1.82, 2.24) is 9.21 Å². The highest BCUT2D eigenvalue weighted by atomic mass is 32.2. The SMILES string of the molecule is CC(C)c1ccc(S(=O)(=O)N2CC(C)N(Cc3ccccc3)C(C)C2)cc1. The molecule has 146 valence electrons. The van der Waals surface area contributed by atoms with Crippen molar-refractivity contribution < 1.29 is 8.42 Å². The Morgan fingerprint density at radius 2 is 1.48 bits per heavy atom. The summed E-state index contributed by atoms with van der Waals surface area (Å²) in [5.74, 6) is 0.392. The van der Waals surface area contributed by atoms with Crippen molar-refractivity contribution in [3.63, 3.8) is 0 Å². The predicted molar refractivity (Wildman–Crippen MR) is 110 cm³/mol. The van der Waals surface area contributed by atoms with Crippen LogP contribution in [0.15, 0.2) is 59.5 Å². The molecule has 1 fully saturated rings. The molecule has 4 nitrogen and oxygen atoms in total. The average Bonchev–Trinajstić information content (AvgIpc) is 2.65. The van der Waals surface area contributed by atoms with Crippen LogP contribution in [-0.2, 0) is 16.6 Å². The van der Waals surface area contributed by atoms with E-state index in [1.54, 1.807) is 16.4 Å². The molecule has 1 saturated heterocycles. The van der Waals surface area contributed by atoms with Crippen molar-refractivity contribution in [2.45, 2.75) is 57.1 Å². The van der Waals surface area contributed by atoms with Crippen molar-refractivity contribution in [2.24, 2.45) is 0 Å². The first-order chi connectivity index (χ1) is 12.8. The van der Waals surface area contributed by atoms with Crippen LogP contribution in [0.4, 0.5) is 0 Å². The standard InChI is InChI=1S/C22H30N2O2S/c1-17(2)21-10-12-22(13-11-21)27(25,26)23-14-18(3)24(19(4)15-23)16-20-8-6-5-7-9-20/h5-13,17-19H,14-16H2,1-4H3. The molecule has 5 heteroatoms. The van der Waals surface area contributed by atoms with E-state index in [-0.39, 0.29) is 12.1 Å². The molecule has 0 spiro atoms. The minimum absolute atomic E-state index is 0.165. The van der Waals surface area contributed by atoms with Gasteiger partial charge in [-0.15, -0.1) is 0 Å². The molecule has 0 aliphatic carbocycles. The first-order valence-corrected chi connectivity index (χ1v) is 11.1. The van der Waals surface area contributed by atoms with Crippen molar-refractivity contribution in [2.75, 3.05) is 13.1 Å². The van der Waals surface area contributed by atoms with Crippen LogP contribution >= 0.6 is 0 Å². The highest BCUT2D eigenvalue weighted by Crippen LogP contribution is 2.25. The molecular formula is C22H30N2O2S. The van der Waals surface area contributed by atoms with Gasteiger partial charge in [0.05, 0.1) is 4.90 Å². The van der Waals surface area contributed by atoms with Crippen LogP contribution in [-0.4, -0.2) is 42.8 Å². The van der Waals surface area contributed by atoms with E-state index in [9.17, 15) is 8.42 Å². The number of benzene rings is 2. The fourth-order valence-corrected chi connectivity index (χ4v) is 5.39. The number of rotatable bonds is 5. The zero-order valence-electron chi connectivity index (χ0n) is 16.7. The summed E-state index contributed by atoms with van der Waals surface area (Å²) in [5.41, 5.74) is 2.42. The molecule has 0 radical (unpaired) electrons. The predicted octanol–water partition coefficient (Wildman–Crippen LogP) is 4.09. The zero-order valence-corrected chi connectivity index (χ0v) is 17.5. The molecule has 0 saturated carbocycles. The van der Waals surface area contributed by atoms with Gasteiger partial charge in [0.25, 0.3) is 0 Å². The second kappa shape index (κ2) is 8.13. The third-order valence-corrected chi connectivity index (χ3v) is 7.31. The molecule has 2 atom stereocenters. The van der Waals surface area contributed by atoms with Crippen LogP contribution in [0.25, 0.3) is 0 Å². The van der Waals surface area contributed by atoms with E-state index in [0.717, 1.165) is 12.1 Å². The van der Waals surface area contributed by atoms with Gasteiger partial charge in [-0.3, -0.25) is 4.90 Å². The fraction of sp³-hybridized carbons (Fsp3) is 0.455. The second-order valence-corrected chi connectivity index (χ2v) is 9.84. The minimum Gasteiger partial charge on any atom is -0.291 e. The zero-order chi connectivity index (χ0) is 19.6. The maximum absolute atomic E-state index is 13.1. The molecular weight excluding hydrogens is 356 g/mol. The highest BCUT2D eigenvalue weighted by molar-refractivity contribution is 7.89. The molecule has 1 aliphatic heterocycles. The molecule has 2 unspecified atom stereocenters. The lowest BCUT2D eigenvalue weighted by Crippen LogP contribution is -2.57. The summed E-state index contributed by atoms with van der Waals surface area (Å²) < 4.78 is 27.9. The molecule has 1 aliphatic rings. The van der Waals surface area contributed by atoms with E-state index in [0.29, 0.717) is 23.9 Å². The van der Waals surface area contributed by atoms with E-state index in [2.05, 4.69) is 44.7 Å². The Hall–Kier alpha value is -1.69. The van der Waals surface area contributed by atoms with Crippen LogP contribution in [0.2, 0.25) is 0 Å². The topological polar surface area (TPSA) is 40.6 Å². The number of hydrogen-bond acceptors (Lipinski definition) is 3. The number of nitrogens with zero attached hydrogens (tertiary/aromatic N) is 2. The van der Waals surface area contributed by atoms with Crippen LogP contribution < -0.4 is 0 Å². The maximum Gasteiger partial charge on any atom is 0.243 e. The van der Waals surface area contributed by atoms with Gasteiger partial charge in [0.1, 0.15) is 0 Å². The third-order valence-electron chi connectivity index (χ3n) is 5.46. The Balaban J connectivity index is 1.75. The van der Waals surface area contributed by atoms with Crippen molar-refractivity contribution in [1.29, 1.82) is 0 Å². The molecule has 0 bridgehead atoms. The molecule has 27 heavy (non-hydrogen) atoms. The van der Waals surface area contributed by atoms with Crippen molar-refractivity contribution in [3.05, 3.63) is 65.7 Å². The number of piperazine rings is 1. The summed E-state index contributed by atoms with van der Waals surface area (Å²) >= 11 is 0. The molecule has 2 aromatic carbocycles. The van der Waals surface area contributed by atoms with Gasteiger partial charge < -0.3 is 0 Å². The molecule has 0 aromatic heterocycles. The summed E-state index contributed by atoms with van der Waals surface area (Å²) in [6.07, 6.45) is 0. The van der Waals surface area contributed by atoms with Crippen molar-refractivity contribution >= 4 is 10.0 Å². The van der Waals surface area contributed by atoms with Gasteiger partial charge in [-0.2, -0.15) is 4.31 Å². The van der Waals surface area contributed by atoms with E-state index in [1.165, 1.54) is 5.56 Å². The number of hydrogen-bond donors (Lipinski definition) is 0. The Labute approximate surface area is 163 Å². The first kappa shape index (κ1) is 20.1. The molecule has 0 N–H and O–H groups in total. The van der Waals surface area contributed by atoms with Crippen LogP contribution in [0, 0.1) is 0 Å². The van der Waals surface area contributed by atoms with E-state index in [4.69, 9.17) is 0 Å². The first-order valence-electron chi connectivity index (χ1n) is 9.69. The largest absolute Gasteiger partial charge is 0.291 e. The van der Waals surface area contributed by atoms with Crippen LogP contribution in [0.3, 0.4) is 0 Å². The third kappa shape index (κ3) is 4.42. The second-order valence-electron chi connectivity index (χ2n) is 7.90. The highest BCUT2D eigenvalue weighted by Gasteiger charge is 2.36. The van der Waals surface area contributed by atoms with E-state index < -0.39 is 10.0 Å².